The number of alkyl halides is 2. The van der Waals surface area contributed by atoms with Crippen LogP contribution in [0.4, 0.5) is 19.3 Å². The third kappa shape index (κ3) is 10.9. The summed E-state index contributed by atoms with van der Waals surface area (Å²) in [6.45, 7) is 3.02. The van der Waals surface area contributed by atoms with Crippen LogP contribution in [0.2, 0.25) is 0 Å². The van der Waals surface area contributed by atoms with Crippen LogP contribution in [0.3, 0.4) is 0 Å². The van der Waals surface area contributed by atoms with Gasteiger partial charge in [-0.2, -0.15) is 0 Å². The summed E-state index contributed by atoms with van der Waals surface area (Å²) in [5, 5.41) is 12.0. The van der Waals surface area contributed by atoms with Crippen LogP contribution >= 0.6 is 0 Å². The van der Waals surface area contributed by atoms with Gasteiger partial charge in [0.05, 0.1) is 20.3 Å². The van der Waals surface area contributed by atoms with E-state index in [9.17, 15) is 23.5 Å². The zero-order valence-corrected chi connectivity index (χ0v) is 22.0. The highest BCUT2D eigenvalue weighted by Gasteiger charge is 2.26. The van der Waals surface area contributed by atoms with Crippen LogP contribution in [-0.2, 0) is 20.7 Å². The normalized spacial score (nSPS) is 12.0. The molecule has 9 nitrogen and oxygen atoms in total. The van der Waals surface area contributed by atoms with Gasteiger partial charge in [-0.05, 0) is 48.9 Å². The monoisotopic (exact) mass is 538 g/mol. The summed E-state index contributed by atoms with van der Waals surface area (Å²) in [5.74, 6) is -2.77. The molecule has 38 heavy (non-hydrogen) atoms. The number of hydrogen-bond donors (Lipinski definition) is 2. The van der Waals surface area contributed by atoms with Gasteiger partial charge in [-0.25, -0.2) is 18.4 Å². The number of ether oxygens (including phenoxy) is 4. The molecule has 1 atom stereocenters. The molecule has 210 valence electrons. The second-order valence-electron chi connectivity index (χ2n) is 8.39. The lowest BCUT2D eigenvalue weighted by Crippen LogP contribution is -2.40. The van der Waals surface area contributed by atoms with Crippen LogP contribution in [-0.4, -0.2) is 80.7 Å². The molecular formula is C27H36F2N2O7. The molecular weight excluding hydrogens is 502 g/mol. The predicted molar refractivity (Wildman–Crippen MR) is 138 cm³/mol. The number of aliphatic carboxylic acids is 1. The van der Waals surface area contributed by atoms with E-state index in [-0.39, 0.29) is 39.1 Å². The molecule has 0 aromatic heterocycles. The van der Waals surface area contributed by atoms with E-state index >= 15 is 0 Å². The zero-order valence-electron chi connectivity index (χ0n) is 22.0. The Labute approximate surface area is 221 Å². The van der Waals surface area contributed by atoms with E-state index in [1.807, 2.05) is 0 Å². The lowest BCUT2D eigenvalue weighted by molar-refractivity contribution is -0.149. The largest absolute Gasteiger partial charge is 0.497 e. The molecule has 0 aliphatic carbocycles. The van der Waals surface area contributed by atoms with E-state index in [1.165, 1.54) is 11.8 Å². The molecule has 11 heteroatoms. The molecule has 0 aliphatic heterocycles. The fourth-order valence-electron chi connectivity index (χ4n) is 3.32. The first-order chi connectivity index (χ1) is 18.2. The van der Waals surface area contributed by atoms with Crippen molar-refractivity contribution < 1.29 is 42.4 Å². The third-order valence-electron chi connectivity index (χ3n) is 5.58. The van der Waals surface area contributed by atoms with Crippen LogP contribution in [0.15, 0.2) is 48.5 Å². The quantitative estimate of drug-likeness (QED) is 0.281. The maximum Gasteiger partial charge on any atom is 0.333 e. The van der Waals surface area contributed by atoms with Crippen molar-refractivity contribution in [3.05, 3.63) is 54.1 Å². The topological polar surface area (TPSA) is 107 Å². The molecule has 0 heterocycles. The van der Waals surface area contributed by atoms with Gasteiger partial charge in [0.15, 0.2) is 6.10 Å². The molecule has 0 spiro atoms. The Morgan fingerprint density at radius 2 is 1.63 bits per heavy atom. The molecule has 2 rings (SSSR count). The molecule has 2 amide bonds. The van der Waals surface area contributed by atoms with Gasteiger partial charge in [-0.15, -0.1) is 0 Å². The van der Waals surface area contributed by atoms with Gasteiger partial charge >= 0.3 is 12.0 Å². The Morgan fingerprint density at radius 1 is 1.00 bits per heavy atom. The third-order valence-corrected chi connectivity index (χ3v) is 5.58. The first kappa shape index (κ1) is 30.8. The number of carbonyl (C=O) groups excluding carboxylic acids is 1. The van der Waals surface area contributed by atoms with Gasteiger partial charge in [-0.3, -0.25) is 0 Å². The van der Waals surface area contributed by atoms with Crippen LogP contribution in [0.25, 0.3) is 0 Å². The number of rotatable bonds is 17. The molecule has 0 saturated heterocycles. The highest BCUT2D eigenvalue weighted by atomic mass is 19.3. The number of nitrogens with zero attached hydrogens (tertiary/aromatic N) is 1. The number of halogens is 2. The SMILES string of the molecule is CCOC(Cc1ccc(OCCN(CCOCC(F)(F)CC)C(=O)Nc2ccc(OC)cc2)cc1)C(=O)O. The fraction of sp³-hybridized carbons (Fsp3) is 0.481. The number of anilines is 1. The minimum Gasteiger partial charge on any atom is -0.497 e. The lowest BCUT2D eigenvalue weighted by atomic mass is 10.1. The van der Waals surface area contributed by atoms with Crippen molar-refractivity contribution in [1.82, 2.24) is 4.90 Å². The first-order valence-electron chi connectivity index (χ1n) is 12.4. The van der Waals surface area contributed by atoms with Gasteiger partial charge in [0, 0.05) is 31.7 Å². The van der Waals surface area contributed by atoms with Crippen LogP contribution in [0, 0.1) is 0 Å². The van der Waals surface area contributed by atoms with Crippen molar-refractivity contribution in [2.24, 2.45) is 0 Å². The summed E-state index contributed by atoms with van der Waals surface area (Å²) in [4.78, 5) is 25.6. The number of carboxylic acid groups (broad SMARTS) is 1. The van der Waals surface area contributed by atoms with Gasteiger partial charge in [0.25, 0.3) is 5.92 Å². The second kappa shape index (κ2) is 15.7. The van der Waals surface area contributed by atoms with Gasteiger partial charge in [0.1, 0.15) is 24.7 Å². The molecule has 1 unspecified atom stereocenters. The van der Waals surface area contributed by atoms with Crippen LogP contribution < -0.4 is 14.8 Å². The van der Waals surface area contributed by atoms with E-state index in [1.54, 1.807) is 62.6 Å². The van der Waals surface area contributed by atoms with E-state index in [0.717, 1.165) is 5.56 Å². The molecule has 2 N–H and O–H groups in total. The van der Waals surface area contributed by atoms with E-state index in [4.69, 9.17) is 18.9 Å². The molecule has 2 aromatic carbocycles. The van der Waals surface area contributed by atoms with E-state index < -0.39 is 30.6 Å². The summed E-state index contributed by atoms with van der Waals surface area (Å²) in [6.07, 6.45) is -1.03. The van der Waals surface area contributed by atoms with E-state index in [2.05, 4.69) is 5.32 Å². The summed E-state index contributed by atoms with van der Waals surface area (Å²) in [7, 11) is 1.54. The Balaban J connectivity index is 1.94. The van der Waals surface area contributed by atoms with Crippen molar-refractivity contribution >= 4 is 17.7 Å². The summed E-state index contributed by atoms with van der Waals surface area (Å²) >= 11 is 0. The second-order valence-corrected chi connectivity index (χ2v) is 8.39. The smallest absolute Gasteiger partial charge is 0.333 e. The average Bonchev–Trinajstić information content (AvgIpc) is 2.91. The Hall–Kier alpha value is -3.44. The van der Waals surface area contributed by atoms with Crippen molar-refractivity contribution in [1.29, 1.82) is 0 Å². The summed E-state index contributed by atoms with van der Waals surface area (Å²) in [5.41, 5.74) is 1.32. The Bertz CT molecular complexity index is 988. The van der Waals surface area contributed by atoms with Crippen molar-refractivity contribution in [2.45, 2.75) is 38.7 Å². The van der Waals surface area contributed by atoms with Crippen molar-refractivity contribution in [3.63, 3.8) is 0 Å². The number of methoxy groups -OCH3 is 1. The molecule has 0 saturated carbocycles. The van der Waals surface area contributed by atoms with Gasteiger partial charge < -0.3 is 34.3 Å². The van der Waals surface area contributed by atoms with Gasteiger partial charge in [-0.1, -0.05) is 19.1 Å². The number of benzene rings is 2. The number of amides is 2. The van der Waals surface area contributed by atoms with Crippen molar-refractivity contribution in [3.8, 4) is 11.5 Å². The number of carbonyl (C=O) groups is 2. The molecule has 0 radical (unpaired) electrons. The molecule has 0 bridgehead atoms. The maximum atomic E-state index is 13.5. The zero-order chi connectivity index (χ0) is 28.0. The molecule has 0 fully saturated rings. The number of carboxylic acids is 1. The molecule has 2 aromatic rings. The molecule has 0 aliphatic rings. The average molecular weight is 539 g/mol. The van der Waals surface area contributed by atoms with Crippen molar-refractivity contribution in [2.75, 3.05) is 51.9 Å². The number of hydrogen-bond acceptors (Lipinski definition) is 6. The summed E-state index contributed by atoms with van der Waals surface area (Å²) < 4.78 is 48.2. The minimum absolute atomic E-state index is 0.0646. The summed E-state index contributed by atoms with van der Waals surface area (Å²) in [6, 6.07) is 13.3. The van der Waals surface area contributed by atoms with Crippen LogP contribution in [0.1, 0.15) is 25.8 Å². The number of nitrogens with one attached hydrogen (secondary N) is 1. The fourth-order valence-corrected chi connectivity index (χ4v) is 3.32. The predicted octanol–water partition coefficient (Wildman–Crippen LogP) is 4.70. The van der Waals surface area contributed by atoms with Crippen LogP contribution in [0.5, 0.6) is 11.5 Å². The Kier molecular flexibility index (Phi) is 12.7. The lowest BCUT2D eigenvalue weighted by Gasteiger charge is -2.24. The maximum absolute atomic E-state index is 13.5. The van der Waals surface area contributed by atoms with E-state index in [0.29, 0.717) is 23.8 Å². The first-order valence-corrected chi connectivity index (χ1v) is 12.4. The Morgan fingerprint density at radius 3 is 2.21 bits per heavy atom. The minimum atomic E-state index is -2.92. The standard InChI is InChI=1S/C27H36F2N2O7/c1-4-27(28,29)19-36-16-14-31(26(34)30-21-8-12-22(35-3)13-9-21)15-17-38-23-10-6-20(7-11-23)18-24(25(32)33)37-5-2/h6-13,24H,4-5,14-19H2,1-3H3,(H,30,34)(H,32,33). The van der Waals surface area contributed by atoms with Gasteiger partial charge in [0.2, 0.25) is 0 Å². The highest BCUT2D eigenvalue weighted by molar-refractivity contribution is 5.89. The highest BCUT2D eigenvalue weighted by Crippen LogP contribution is 2.18. The number of urea groups is 1.